The molecule has 4 nitrogen and oxygen atoms in total. The first kappa shape index (κ1) is 14.0. The summed E-state index contributed by atoms with van der Waals surface area (Å²) in [5.74, 6) is -1.07. The van der Waals surface area contributed by atoms with Crippen molar-refractivity contribution in [2.75, 3.05) is 13.7 Å². The van der Waals surface area contributed by atoms with Crippen LogP contribution in [-0.2, 0) is 25.6 Å². The molecule has 1 aromatic carbocycles. The van der Waals surface area contributed by atoms with Crippen molar-refractivity contribution in [3.63, 3.8) is 0 Å². The topological polar surface area (TPSA) is 44.8 Å². The first-order chi connectivity index (χ1) is 9.24. The van der Waals surface area contributed by atoms with Gasteiger partial charge in [-0.05, 0) is 18.4 Å². The van der Waals surface area contributed by atoms with Crippen molar-refractivity contribution >= 4 is 5.97 Å². The fraction of sp³-hybridized carbons (Fsp3) is 0.533. The molecule has 0 N–H and O–H groups in total. The lowest BCUT2D eigenvalue weighted by Crippen LogP contribution is -2.40. The summed E-state index contributed by atoms with van der Waals surface area (Å²) in [5, 5.41) is 0. The molecule has 0 aromatic heterocycles. The van der Waals surface area contributed by atoms with Gasteiger partial charge >= 0.3 is 5.97 Å². The van der Waals surface area contributed by atoms with Crippen LogP contribution in [0.1, 0.15) is 31.2 Å². The highest BCUT2D eigenvalue weighted by molar-refractivity contribution is 5.70. The van der Waals surface area contributed by atoms with Crippen molar-refractivity contribution in [2.24, 2.45) is 0 Å². The average Bonchev–Trinajstić information content (AvgIpc) is 2.47. The maximum atomic E-state index is 11.9. The summed E-state index contributed by atoms with van der Waals surface area (Å²) in [7, 11) is 1.58. The molecule has 0 bridgehead atoms. The van der Waals surface area contributed by atoms with E-state index >= 15 is 0 Å². The first-order valence-electron chi connectivity index (χ1n) is 6.63. The summed E-state index contributed by atoms with van der Waals surface area (Å²) in [5.41, 5.74) is 0.979. The van der Waals surface area contributed by atoms with Crippen LogP contribution in [0.5, 0.6) is 0 Å². The molecular formula is C15H20O4. The number of hydrogen-bond donors (Lipinski definition) is 0. The Morgan fingerprint density at radius 1 is 1.32 bits per heavy atom. The van der Waals surface area contributed by atoms with Gasteiger partial charge in [0.15, 0.2) is 5.79 Å². The Kier molecular flexibility index (Phi) is 4.93. The number of carbonyl (C=O) groups excluding carboxylic acids is 1. The van der Waals surface area contributed by atoms with Crippen molar-refractivity contribution in [3.05, 3.63) is 35.9 Å². The fourth-order valence-electron chi connectivity index (χ4n) is 2.21. The Morgan fingerprint density at radius 3 is 2.74 bits per heavy atom. The SMILES string of the molecule is COC1(CC(=O)OCc2ccccc2)CCCCO1. The van der Waals surface area contributed by atoms with Gasteiger partial charge in [-0.1, -0.05) is 30.3 Å². The van der Waals surface area contributed by atoms with Crippen LogP contribution < -0.4 is 0 Å². The second kappa shape index (κ2) is 6.68. The molecule has 19 heavy (non-hydrogen) atoms. The molecule has 1 aromatic rings. The second-order valence-electron chi connectivity index (χ2n) is 4.74. The second-order valence-corrected chi connectivity index (χ2v) is 4.74. The Hall–Kier alpha value is -1.39. The molecule has 1 heterocycles. The molecule has 1 fully saturated rings. The van der Waals surface area contributed by atoms with E-state index in [1.54, 1.807) is 7.11 Å². The molecule has 2 rings (SSSR count). The summed E-state index contributed by atoms with van der Waals surface area (Å²) in [6, 6.07) is 9.63. The Bertz CT molecular complexity index is 396. The highest BCUT2D eigenvalue weighted by Crippen LogP contribution is 2.29. The van der Waals surface area contributed by atoms with E-state index in [1.165, 1.54) is 0 Å². The lowest BCUT2D eigenvalue weighted by molar-refractivity contribution is -0.247. The number of rotatable bonds is 5. The van der Waals surface area contributed by atoms with Gasteiger partial charge in [0.25, 0.3) is 0 Å². The van der Waals surface area contributed by atoms with Crippen LogP contribution in [0.25, 0.3) is 0 Å². The molecule has 0 amide bonds. The third kappa shape index (κ3) is 4.04. The quantitative estimate of drug-likeness (QED) is 0.767. The predicted molar refractivity (Wildman–Crippen MR) is 70.4 cm³/mol. The number of carbonyl (C=O) groups is 1. The van der Waals surface area contributed by atoms with Gasteiger partial charge in [0.2, 0.25) is 0 Å². The lowest BCUT2D eigenvalue weighted by atomic mass is 10.0. The number of ether oxygens (including phenoxy) is 3. The van der Waals surface area contributed by atoms with Crippen LogP contribution >= 0.6 is 0 Å². The maximum absolute atomic E-state index is 11.9. The molecule has 4 heteroatoms. The van der Waals surface area contributed by atoms with Gasteiger partial charge in [0, 0.05) is 13.5 Å². The number of esters is 1. The van der Waals surface area contributed by atoms with E-state index in [0.29, 0.717) is 13.2 Å². The van der Waals surface area contributed by atoms with Gasteiger partial charge in [-0.25, -0.2) is 0 Å². The van der Waals surface area contributed by atoms with Crippen LogP contribution in [0.2, 0.25) is 0 Å². The largest absolute Gasteiger partial charge is 0.461 e. The standard InChI is InChI=1S/C15H20O4/c1-17-15(9-5-6-10-19-15)11-14(16)18-12-13-7-3-2-4-8-13/h2-4,7-8H,5-6,9-12H2,1H3. The third-order valence-electron chi connectivity index (χ3n) is 3.35. The van der Waals surface area contributed by atoms with E-state index < -0.39 is 5.79 Å². The molecule has 1 unspecified atom stereocenters. The van der Waals surface area contributed by atoms with Gasteiger partial charge < -0.3 is 14.2 Å². The summed E-state index contributed by atoms with van der Waals surface area (Å²) < 4.78 is 16.3. The van der Waals surface area contributed by atoms with Gasteiger partial charge in [-0.2, -0.15) is 0 Å². The Morgan fingerprint density at radius 2 is 2.11 bits per heavy atom. The van der Waals surface area contributed by atoms with Crippen LogP contribution in [0.15, 0.2) is 30.3 Å². The first-order valence-corrected chi connectivity index (χ1v) is 6.63. The van der Waals surface area contributed by atoms with E-state index in [1.807, 2.05) is 30.3 Å². The maximum Gasteiger partial charge on any atom is 0.311 e. The molecule has 0 radical (unpaired) electrons. The molecule has 1 saturated heterocycles. The molecule has 1 aliphatic heterocycles. The lowest BCUT2D eigenvalue weighted by Gasteiger charge is -2.34. The Labute approximate surface area is 113 Å². The van der Waals surface area contributed by atoms with E-state index in [9.17, 15) is 4.79 Å². The fourth-order valence-corrected chi connectivity index (χ4v) is 2.21. The summed E-state index contributed by atoms with van der Waals surface area (Å²) in [6.45, 7) is 0.930. The molecule has 1 aliphatic rings. The third-order valence-corrected chi connectivity index (χ3v) is 3.35. The van der Waals surface area contributed by atoms with Crippen LogP contribution in [0.4, 0.5) is 0 Å². The minimum Gasteiger partial charge on any atom is -0.461 e. The van der Waals surface area contributed by atoms with Gasteiger partial charge in [0.05, 0.1) is 13.0 Å². The summed E-state index contributed by atoms with van der Waals surface area (Å²) in [6.07, 6.45) is 2.92. The number of hydrogen-bond acceptors (Lipinski definition) is 4. The van der Waals surface area contributed by atoms with E-state index in [0.717, 1.165) is 24.8 Å². The van der Waals surface area contributed by atoms with Crippen molar-refractivity contribution in [3.8, 4) is 0 Å². The summed E-state index contributed by atoms with van der Waals surface area (Å²) >= 11 is 0. The Balaban J connectivity index is 1.83. The molecular weight excluding hydrogens is 244 g/mol. The zero-order chi connectivity index (χ0) is 13.6. The zero-order valence-corrected chi connectivity index (χ0v) is 11.3. The minimum atomic E-state index is -0.786. The van der Waals surface area contributed by atoms with Crippen molar-refractivity contribution < 1.29 is 19.0 Å². The van der Waals surface area contributed by atoms with Crippen molar-refractivity contribution in [1.82, 2.24) is 0 Å². The van der Waals surface area contributed by atoms with Crippen LogP contribution in [-0.4, -0.2) is 25.5 Å². The predicted octanol–water partition coefficient (Wildman–Crippen LogP) is 2.66. The average molecular weight is 264 g/mol. The van der Waals surface area contributed by atoms with Crippen molar-refractivity contribution in [2.45, 2.75) is 38.1 Å². The number of benzene rings is 1. The van der Waals surface area contributed by atoms with Crippen LogP contribution in [0, 0.1) is 0 Å². The van der Waals surface area contributed by atoms with Gasteiger partial charge in [-0.15, -0.1) is 0 Å². The molecule has 0 spiro atoms. The number of methoxy groups -OCH3 is 1. The van der Waals surface area contributed by atoms with Crippen LogP contribution in [0.3, 0.4) is 0 Å². The molecule has 1 atom stereocenters. The van der Waals surface area contributed by atoms with E-state index in [2.05, 4.69) is 0 Å². The highest BCUT2D eigenvalue weighted by Gasteiger charge is 2.36. The smallest absolute Gasteiger partial charge is 0.311 e. The molecule has 104 valence electrons. The molecule has 0 aliphatic carbocycles. The van der Waals surface area contributed by atoms with Gasteiger partial charge in [-0.3, -0.25) is 4.79 Å². The van der Waals surface area contributed by atoms with E-state index in [-0.39, 0.29) is 12.4 Å². The molecule has 0 saturated carbocycles. The van der Waals surface area contributed by atoms with Gasteiger partial charge in [0.1, 0.15) is 6.61 Å². The van der Waals surface area contributed by atoms with E-state index in [4.69, 9.17) is 14.2 Å². The zero-order valence-electron chi connectivity index (χ0n) is 11.3. The summed E-state index contributed by atoms with van der Waals surface area (Å²) in [4.78, 5) is 11.9. The normalized spacial score (nSPS) is 23.0. The highest BCUT2D eigenvalue weighted by atomic mass is 16.7. The van der Waals surface area contributed by atoms with Crippen molar-refractivity contribution in [1.29, 1.82) is 0 Å². The monoisotopic (exact) mass is 264 g/mol. The minimum absolute atomic E-state index is 0.149.